The topological polar surface area (TPSA) is 82.0 Å². The highest BCUT2D eigenvalue weighted by Gasteiger charge is 2.12. The summed E-state index contributed by atoms with van der Waals surface area (Å²) in [6.45, 7) is 0. The predicted molar refractivity (Wildman–Crippen MR) is 78.0 cm³/mol. The van der Waals surface area contributed by atoms with E-state index in [2.05, 4.69) is 9.97 Å². The molecule has 0 saturated heterocycles. The summed E-state index contributed by atoms with van der Waals surface area (Å²) in [5.74, 6) is -0.0136. The molecule has 3 aromatic rings. The Kier molecular flexibility index (Phi) is 3.65. The van der Waals surface area contributed by atoms with Crippen molar-refractivity contribution in [3.8, 4) is 22.7 Å². The molecule has 6 heteroatoms. The highest BCUT2D eigenvalue weighted by molar-refractivity contribution is 5.76. The van der Waals surface area contributed by atoms with Crippen LogP contribution < -0.4 is 5.73 Å². The number of furan rings is 1. The van der Waals surface area contributed by atoms with Gasteiger partial charge in [0.25, 0.3) is 0 Å². The smallest absolute Gasteiger partial charge is 0.225 e. The lowest BCUT2D eigenvalue weighted by Gasteiger charge is -2.06. The zero-order valence-electron chi connectivity index (χ0n) is 11.5. The van der Waals surface area contributed by atoms with Gasteiger partial charge in [-0.25, -0.2) is 14.4 Å². The third kappa shape index (κ3) is 3.01. The van der Waals surface area contributed by atoms with E-state index in [9.17, 15) is 9.18 Å². The summed E-state index contributed by atoms with van der Waals surface area (Å²) in [5, 5.41) is 0. The van der Waals surface area contributed by atoms with Gasteiger partial charge in [-0.05, 0) is 42.5 Å². The number of hydrogen-bond acceptors (Lipinski definition) is 4. The molecule has 0 atom stereocenters. The predicted octanol–water partition coefficient (Wildman–Crippen LogP) is 2.57. The Balaban J connectivity index is 2.10. The second-order valence-corrected chi connectivity index (χ2v) is 4.68. The van der Waals surface area contributed by atoms with E-state index in [0.717, 1.165) is 0 Å². The average Bonchev–Trinajstić information content (AvgIpc) is 3.01. The summed E-state index contributed by atoms with van der Waals surface area (Å²) in [4.78, 5) is 19.7. The van der Waals surface area contributed by atoms with Gasteiger partial charge in [0.05, 0.1) is 18.4 Å². The first kappa shape index (κ1) is 13.9. The zero-order valence-corrected chi connectivity index (χ0v) is 11.5. The summed E-state index contributed by atoms with van der Waals surface area (Å²) in [6, 6.07) is 11.1. The van der Waals surface area contributed by atoms with Crippen molar-refractivity contribution in [1.29, 1.82) is 0 Å². The van der Waals surface area contributed by atoms with Crippen LogP contribution in [0.5, 0.6) is 0 Å². The molecule has 0 fully saturated rings. The molecule has 1 amide bonds. The van der Waals surface area contributed by atoms with Crippen molar-refractivity contribution in [3.05, 3.63) is 60.4 Å². The van der Waals surface area contributed by atoms with Crippen LogP contribution in [0, 0.1) is 5.82 Å². The second kappa shape index (κ2) is 5.77. The van der Waals surface area contributed by atoms with Crippen LogP contribution in [-0.4, -0.2) is 15.9 Å². The van der Waals surface area contributed by atoms with Gasteiger partial charge < -0.3 is 10.2 Å². The van der Waals surface area contributed by atoms with E-state index in [1.165, 1.54) is 18.4 Å². The molecular formula is C16H12FN3O2. The van der Waals surface area contributed by atoms with Gasteiger partial charge in [0.15, 0.2) is 5.76 Å². The minimum atomic E-state index is -0.526. The van der Waals surface area contributed by atoms with E-state index in [-0.39, 0.29) is 12.2 Å². The molecule has 0 aliphatic heterocycles. The lowest BCUT2D eigenvalue weighted by molar-refractivity contribution is -0.117. The zero-order chi connectivity index (χ0) is 15.5. The van der Waals surface area contributed by atoms with Crippen LogP contribution >= 0.6 is 0 Å². The van der Waals surface area contributed by atoms with E-state index < -0.39 is 5.91 Å². The molecule has 1 aromatic carbocycles. The Bertz CT molecular complexity index is 799. The van der Waals surface area contributed by atoms with Crippen LogP contribution in [0.2, 0.25) is 0 Å². The van der Waals surface area contributed by atoms with E-state index >= 15 is 0 Å². The molecule has 5 nitrogen and oxygen atoms in total. The Labute approximate surface area is 125 Å². The van der Waals surface area contributed by atoms with Gasteiger partial charge in [-0.15, -0.1) is 0 Å². The minimum Gasteiger partial charge on any atom is -0.463 e. The van der Waals surface area contributed by atoms with Crippen LogP contribution in [0.15, 0.2) is 53.1 Å². The largest absolute Gasteiger partial charge is 0.463 e. The van der Waals surface area contributed by atoms with Crippen molar-refractivity contribution >= 4 is 5.91 Å². The third-order valence-corrected chi connectivity index (χ3v) is 3.02. The Hall–Kier alpha value is -3.02. The summed E-state index contributed by atoms with van der Waals surface area (Å²) in [6.07, 6.45) is 1.45. The van der Waals surface area contributed by atoms with Crippen molar-refractivity contribution in [2.45, 2.75) is 6.42 Å². The maximum Gasteiger partial charge on any atom is 0.225 e. The van der Waals surface area contributed by atoms with Crippen molar-refractivity contribution < 1.29 is 13.6 Å². The van der Waals surface area contributed by atoms with Gasteiger partial charge in [0, 0.05) is 5.56 Å². The Morgan fingerprint density at radius 2 is 1.86 bits per heavy atom. The molecule has 2 aromatic heterocycles. The first-order chi connectivity index (χ1) is 10.6. The third-order valence-electron chi connectivity index (χ3n) is 3.02. The van der Waals surface area contributed by atoms with E-state index in [0.29, 0.717) is 28.5 Å². The summed E-state index contributed by atoms with van der Waals surface area (Å²) in [5.41, 5.74) is 7.03. The van der Waals surface area contributed by atoms with E-state index in [1.54, 1.807) is 30.3 Å². The number of amides is 1. The van der Waals surface area contributed by atoms with Gasteiger partial charge in [-0.3, -0.25) is 4.79 Å². The molecule has 0 bridgehead atoms. The van der Waals surface area contributed by atoms with Crippen LogP contribution in [0.1, 0.15) is 5.82 Å². The van der Waals surface area contributed by atoms with E-state index in [1.807, 2.05) is 0 Å². The van der Waals surface area contributed by atoms with Gasteiger partial charge in [-0.1, -0.05) is 0 Å². The Morgan fingerprint density at radius 1 is 1.14 bits per heavy atom. The molecule has 110 valence electrons. The van der Waals surface area contributed by atoms with Crippen molar-refractivity contribution in [2.75, 3.05) is 0 Å². The van der Waals surface area contributed by atoms with Crippen LogP contribution in [0.3, 0.4) is 0 Å². The second-order valence-electron chi connectivity index (χ2n) is 4.68. The van der Waals surface area contributed by atoms with Gasteiger partial charge in [0.1, 0.15) is 17.3 Å². The summed E-state index contributed by atoms with van der Waals surface area (Å²) in [7, 11) is 0. The molecule has 2 heterocycles. The van der Waals surface area contributed by atoms with Crippen molar-refractivity contribution in [1.82, 2.24) is 9.97 Å². The molecule has 0 aliphatic rings. The molecule has 2 N–H and O–H groups in total. The molecule has 0 radical (unpaired) electrons. The number of rotatable bonds is 4. The number of nitrogens with zero attached hydrogens (tertiary/aromatic N) is 2. The minimum absolute atomic E-state index is 0.0806. The lowest BCUT2D eigenvalue weighted by atomic mass is 10.1. The number of nitrogens with two attached hydrogens (primary N) is 1. The highest BCUT2D eigenvalue weighted by atomic mass is 19.1. The molecule has 3 rings (SSSR count). The molecular weight excluding hydrogens is 285 g/mol. The molecule has 0 unspecified atom stereocenters. The molecule has 22 heavy (non-hydrogen) atoms. The quantitative estimate of drug-likeness (QED) is 0.802. The lowest BCUT2D eigenvalue weighted by Crippen LogP contribution is -2.16. The number of carbonyl (C=O) groups excluding carboxylic acids is 1. The standard InChI is InChI=1S/C16H12FN3O2/c17-11-5-3-10(4-6-11)12-8-13(14-2-1-7-22-14)20-16(19-12)9-15(18)21/h1-8H,9H2,(H2,18,21). The van der Waals surface area contributed by atoms with Crippen molar-refractivity contribution in [3.63, 3.8) is 0 Å². The SMILES string of the molecule is NC(=O)Cc1nc(-c2ccc(F)cc2)cc(-c2ccco2)n1. The molecule has 0 aliphatic carbocycles. The number of carbonyl (C=O) groups is 1. The normalized spacial score (nSPS) is 10.6. The fourth-order valence-electron chi connectivity index (χ4n) is 2.05. The molecule has 0 saturated carbocycles. The van der Waals surface area contributed by atoms with Crippen molar-refractivity contribution in [2.24, 2.45) is 5.73 Å². The fraction of sp³-hybridized carbons (Fsp3) is 0.0625. The van der Waals surface area contributed by atoms with Gasteiger partial charge >= 0.3 is 0 Å². The van der Waals surface area contributed by atoms with Crippen LogP contribution in [0.4, 0.5) is 4.39 Å². The number of halogens is 1. The number of hydrogen-bond donors (Lipinski definition) is 1. The van der Waals surface area contributed by atoms with Crippen LogP contribution in [0.25, 0.3) is 22.7 Å². The highest BCUT2D eigenvalue weighted by Crippen LogP contribution is 2.24. The number of benzene rings is 1. The van der Waals surface area contributed by atoms with Gasteiger partial charge in [0.2, 0.25) is 5.91 Å². The first-order valence-corrected chi connectivity index (χ1v) is 6.58. The van der Waals surface area contributed by atoms with Crippen LogP contribution in [-0.2, 0) is 11.2 Å². The summed E-state index contributed by atoms with van der Waals surface area (Å²) >= 11 is 0. The monoisotopic (exact) mass is 297 g/mol. The Morgan fingerprint density at radius 3 is 2.50 bits per heavy atom. The van der Waals surface area contributed by atoms with E-state index in [4.69, 9.17) is 10.2 Å². The van der Waals surface area contributed by atoms with Gasteiger partial charge in [-0.2, -0.15) is 0 Å². The number of primary amides is 1. The molecule has 0 spiro atoms. The maximum atomic E-state index is 13.0. The fourth-order valence-corrected chi connectivity index (χ4v) is 2.05. The average molecular weight is 297 g/mol. The first-order valence-electron chi connectivity index (χ1n) is 6.58. The summed E-state index contributed by atoms with van der Waals surface area (Å²) < 4.78 is 18.4. The maximum absolute atomic E-state index is 13.0. The number of aromatic nitrogens is 2.